The van der Waals surface area contributed by atoms with E-state index >= 15 is 0 Å². The summed E-state index contributed by atoms with van der Waals surface area (Å²) in [6.07, 6.45) is 3.38. The van der Waals surface area contributed by atoms with Crippen LogP contribution in [0.2, 0.25) is 0 Å². The molecule has 1 atom stereocenters. The van der Waals surface area contributed by atoms with Crippen LogP contribution in [0.4, 0.5) is 0 Å². The standard InChI is InChI=1S/C22H36N2O2.C2H2O4/c1-19-4-6-20(7-5-19)22(9-15-26-21(2,3)18-22)8-10-23-11-12-24-13-16-25-17-14-24;3-1(4)2(5)6/h4-7,23H,8-18H2,1-3H3;(H,3,4)(H,5,6). The van der Waals surface area contributed by atoms with E-state index in [4.69, 9.17) is 29.3 Å². The van der Waals surface area contributed by atoms with Gasteiger partial charge in [-0.25, -0.2) is 9.59 Å². The third-order valence-electron chi connectivity index (χ3n) is 6.17. The summed E-state index contributed by atoms with van der Waals surface area (Å²) in [6, 6.07) is 9.19. The molecule has 3 rings (SSSR count). The van der Waals surface area contributed by atoms with Crippen molar-refractivity contribution >= 4 is 11.9 Å². The molecule has 3 N–H and O–H groups in total. The summed E-state index contributed by atoms with van der Waals surface area (Å²) in [5.41, 5.74) is 2.99. The van der Waals surface area contributed by atoms with Gasteiger partial charge in [0.2, 0.25) is 0 Å². The zero-order valence-electron chi connectivity index (χ0n) is 19.6. The minimum atomic E-state index is -1.82. The van der Waals surface area contributed by atoms with E-state index in [-0.39, 0.29) is 11.0 Å². The number of morpholine rings is 1. The number of hydrogen-bond acceptors (Lipinski definition) is 6. The van der Waals surface area contributed by atoms with Gasteiger partial charge in [0.05, 0.1) is 18.8 Å². The van der Waals surface area contributed by atoms with E-state index in [0.29, 0.717) is 0 Å². The lowest BCUT2D eigenvalue weighted by Crippen LogP contribution is -2.46. The van der Waals surface area contributed by atoms with E-state index in [0.717, 1.165) is 65.4 Å². The lowest BCUT2D eigenvalue weighted by molar-refractivity contribution is -0.159. The largest absolute Gasteiger partial charge is 0.473 e. The van der Waals surface area contributed by atoms with Crippen molar-refractivity contribution < 1.29 is 29.3 Å². The minimum absolute atomic E-state index is 0.0447. The number of nitrogens with one attached hydrogen (secondary N) is 1. The second-order valence-electron chi connectivity index (χ2n) is 9.25. The van der Waals surface area contributed by atoms with Gasteiger partial charge in [0.1, 0.15) is 0 Å². The highest BCUT2D eigenvalue weighted by Gasteiger charge is 2.41. The molecule has 0 saturated carbocycles. The van der Waals surface area contributed by atoms with Gasteiger partial charge >= 0.3 is 11.9 Å². The van der Waals surface area contributed by atoms with Crippen molar-refractivity contribution in [2.75, 3.05) is 52.5 Å². The van der Waals surface area contributed by atoms with Crippen molar-refractivity contribution in [2.45, 2.75) is 51.0 Å². The van der Waals surface area contributed by atoms with Crippen LogP contribution in [0.15, 0.2) is 24.3 Å². The predicted molar refractivity (Wildman–Crippen MR) is 122 cm³/mol. The molecule has 2 heterocycles. The van der Waals surface area contributed by atoms with Gasteiger partial charge in [-0.05, 0) is 52.1 Å². The molecule has 2 fully saturated rings. The smallest absolute Gasteiger partial charge is 0.414 e. The Morgan fingerprint density at radius 1 is 1.03 bits per heavy atom. The summed E-state index contributed by atoms with van der Waals surface area (Å²) < 4.78 is 11.5. The van der Waals surface area contributed by atoms with Gasteiger partial charge in [-0.2, -0.15) is 0 Å². The van der Waals surface area contributed by atoms with Crippen LogP contribution in [0.1, 0.15) is 44.2 Å². The fraction of sp³-hybridized carbons (Fsp3) is 0.667. The normalized spacial score (nSPS) is 23.1. The molecule has 2 aliphatic rings. The maximum absolute atomic E-state index is 9.10. The molecule has 180 valence electrons. The highest BCUT2D eigenvalue weighted by molar-refractivity contribution is 6.27. The Morgan fingerprint density at radius 3 is 2.22 bits per heavy atom. The van der Waals surface area contributed by atoms with Gasteiger partial charge < -0.3 is 25.0 Å². The van der Waals surface area contributed by atoms with Gasteiger partial charge in [-0.15, -0.1) is 0 Å². The molecular weight excluding hydrogens is 412 g/mol. The SMILES string of the molecule is Cc1ccc(C2(CCNCCN3CCOCC3)CCOC(C)(C)C2)cc1.O=C(O)C(=O)O. The van der Waals surface area contributed by atoms with Crippen LogP contribution in [0, 0.1) is 6.92 Å². The van der Waals surface area contributed by atoms with E-state index in [9.17, 15) is 0 Å². The zero-order valence-corrected chi connectivity index (χ0v) is 19.6. The first-order valence-electron chi connectivity index (χ1n) is 11.3. The summed E-state index contributed by atoms with van der Waals surface area (Å²) in [4.78, 5) is 20.7. The Kier molecular flexibility index (Phi) is 10.1. The average Bonchev–Trinajstić information content (AvgIpc) is 2.74. The van der Waals surface area contributed by atoms with Gasteiger partial charge in [0, 0.05) is 38.2 Å². The number of aliphatic carboxylic acids is 2. The lowest BCUT2D eigenvalue weighted by atomic mass is 9.67. The topological polar surface area (TPSA) is 108 Å². The second kappa shape index (κ2) is 12.3. The molecule has 1 aromatic rings. The minimum Gasteiger partial charge on any atom is -0.473 e. The maximum Gasteiger partial charge on any atom is 0.414 e. The lowest BCUT2D eigenvalue weighted by Gasteiger charge is -2.45. The first kappa shape index (κ1) is 26.3. The maximum atomic E-state index is 9.10. The van der Waals surface area contributed by atoms with E-state index in [1.165, 1.54) is 17.5 Å². The molecule has 0 bridgehead atoms. The molecule has 1 aromatic carbocycles. The van der Waals surface area contributed by atoms with Crippen molar-refractivity contribution in [1.82, 2.24) is 10.2 Å². The van der Waals surface area contributed by atoms with Crippen LogP contribution in [0.5, 0.6) is 0 Å². The molecule has 0 aliphatic carbocycles. The summed E-state index contributed by atoms with van der Waals surface area (Å²) >= 11 is 0. The first-order valence-corrected chi connectivity index (χ1v) is 11.3. The van der Waals surface area contributed by atoms with Crippen LogP contribution < -0.4 is 5.32 Å². The molecule has 8 heteroatoms. The number of carboxylic acids is 2. The van der Waals surface area contributed by atoms with Crippen LogP contribution in [-0.2, 0) is 24.5 Å². The Bertz CT molecular complexity index is 719. The molecule has 0 amide bonds. The molecule has 2 aliphatic heterocycles. The van der Waals surface area contributed by atoms with Crippen LogP contribution in [0.25, 0.3) is 0 Å². The van der Waals surface area contributed by atoms with Gasteiger partial charge in [-0.3, -0.25) is 4.90 Å². The van der Waals surface area contributed by atoms with Gasteiger partial charge in [0.15, 0.2) is 0 Å². The number of aryl methyl sites for hydroxylation is 1. The molecule has 0 spiro atoms. The first-order chi connectivity index (χ1) is 15.1. The zero-order chi connectivity index (χ0) is 23.6. The van der Waals surface area contributed by atoms with Crippen LogP contribution in [0.3, 0.4) is 0 Å². The number of nitrogens with zero attached hydrogens (tertiary/aromatic N) is 1. The van der Waals surface area contributed by atoms with Crippen LogP contribution >= 0.6 is 0 Å². The Labute approximate surface area is 190 Å². The molecular formula is C24H38N2O6. The second-order valence-corrected chi connectivity index (χ2v) is 9.25. The Balaban J connectivity index is 0.000000534. The van der Waals surface area contributed by atoms with Crippen LogP contribution in [-0.4, -0.2) is 85.2 Å². The number of ether oxygens (including phenoxy) is 2. The predicted octanol–water partition coefficient (Wildman–Crippen LogP) is 2.29. The Morgan fingerprint density at radius 2 is 1.66 bits per heavy atom. The molecule has 2 saturated heterocycles. The van der Waals surface area contributed by atoms with E-state index in [2.05, 4.69) is 55.3 Å². The summed E-state index contributed by atoms with van der Waals surface area (Å²) in [5, 5.41) is 18.5. The quantitative estimate of drug-likeness (QED) is 0.429. The van der Waals surface area contributed by atoms with Crippen molar-refractivity contribution in [3.63, 3.8) is 0 Å². The van der Waals surface area contributed by atoms with Crippen molar-refractivity contribution in [2.24, 2.45) is 0 Å². The van der Waals surface area contributed by atoms with E-state index in [1.807, 2.05) is 0 Å². The molecule has 0 aromatic heterocycles. The third-order valence-corrected chi connectivity index (χ3v) is 6.17. The highest BCUT2D eigenvalue weighted by Crippen LogP contribution is 2.43. The molecule has 0 radical (unpaired) electrons. The summed E-state index contributed by atoms with van der Waals surface area (Å²) in [5.74, 6) is -3.65. The summed E-state index contributed by atoms with van der Waals surface area (Å²) in [6.45, 7) is 14.6. The van der Waals surface area contributed by atoms with Gasteiger partial charge in [0.25, 0.3) is 0 Å². The summed E-state index contributed by atoms with van der Waals surface area (Å²) in [7, 11) is 0. The monoisotopic (exact) mass is 450 g/mol. The average molecular weight is 451 g/mol. The number of rotatable bonds is 7. The number of hydrogen-bond donors (Lipinski definition) is 3. The third kappa shape index (κ3) is 8.50. The van der Waals surface area contributed by atoms with E-state index in [1.54, 1.807) is 0 Å². The number of benzene rings is 1. The number of carbonyl (C=O) groups is 2. The highest BCUT2D eigenvalue weighted by atomic mass is 16.5. The van der Waals surface area contributed by atoms with Crippen molar-refractivity contribution in [3.8, 4) is 0 Å². The molecule has 8 nitrogen and oxygen atoms in total. The molecule has 32 heavy (non-hydrogen) atoms. The van der Waals surface area contributed by atoms with Gasteiger partial charge in [-0.1, -0.05) is 29.8 Å². The fourth-order valence-corrected chi connectivity index (χ4v) is 4.50. The van der Waals surface area contributed by atoms with Crippen molar-refractivity contribution in [3.05, 3.63) is 35.4 Å². The van der Waals surface area contributed by atoms with Crippen molar-refractivity contribution in [1.29, 1.82) is 0 Å². The van der Waals surface area contributed by atoms with E-state index < -0.39 is 11.9 Å². The number of carboxylic acid groups (broad SMARTS) is 2. The Hall–Kier alpha value is -2.00. The fourth-order valence-electron chi connectivity index (χ4n) is 4.50. The molecule has 1 unspecified atom stereocenters.